The highest BCUT2D eigenvalue weighted by Crippen LogP contribution is 2.24. The van der Waals surface area contributed by atoms with E-state index in [2.05, 4.69) is 26.1 Å². The molecule has 1 atom stereocenters. The standard InChI is InChI=1S/C24H31NO4/c1-16(2)15-28-23(27)18-7-11-20(12-8-18)25-22(26)17(3)29-21-13-9-19(10-14-21)24(4,5)6/h7-14,16-17H,15H2,1-6H3,(H,25,26). The van der Waals surface area contributed by atoms with Crippen molar-refractivity contribution in [2.45, 2.75) is 53.1 Å². The van der Waals surface area contributed by atoms with Gasteiger partial charge >= 0.3 is 5.97 Å². The second-order valence-electron chi connectivity index (χ2n) is 8.59. The minimum atomic E-state index is -0.661. The summed E-state index contributed by atoms with van der Waals surface area (Å²) in [4.78, 5) is 24.4. The van der Waals surface area contributed by atoms with Gasteiger partial charge in [-0.05, 0) is 60.2 Å². The smallest absolute Gasteiger partial charge is 0.338 e. The van der Waals surface area contributed by atoms with Crippen molar-refractivity contribution in [1.29, 1.82) is 0 Å². The van der Waals surface area contributed by atoms with Crippen LogP contribution in [0.25, 0.3) is 0 Å². The van der Waals surface area contributed by atoms with Crippen LogP contribution in [0.2, 0.25) is 0 Å². The summed E-state index contributed by atoms with van der Waals surface area (Å²) in [6, 6.07) is 14.4. The van der Waals surface area contributed by atoms with Crippen molar-refractivity contribution in [3.63, 3.8) is 0 Å². The predicted octanol–water partition coefficient (Wildman–Crippen LogP) is 5.20. The van der Waals surface area contributed by atoms with Crippen molar-refractivity contribution in [2.24, 2.45) is 5.92 Å². The largest absolute Gasteiger partial charge is 0.481 e. The van der Waals surface area contributed by atoms with E-state index >= 15 is 0 Å². The molecule has 1 amide bonds. The lowest BCUT2D eigenvalue weighted by atomic mass is 9.87. The number of amides is 1. The molecule has 2 aromatic rings. The first-order chi connectivity index (χ1) is 13.6. The van der Waals surface area contributed by atoms with Crippen LogP contribution >= 0.6 is 0 Å². The van der Waals surface area contributed by atoms with E-state index in [0.29, 0.717) is 23.6 Å². The van der Waals surface area contributed by atoms with E-state index in [4.69, 9.17) is 9.47 Å². The zero-order chi connectivity index (χ0) is 21.6. The minimum absolute atomic E-state index is 0.0644. The molecule has 0 spiro atoms. The lowest BCUT2D eigenvalue weighted by molar-refractivity contribution is -0.122. The van der Waals surface area contributed by atoms with Gasteiger partial charge in [0.1, 0.15) is 5.75 Å². The summed E-state index contributed by atoms with van der Waals surface area (Å²) in [5.41, 5.74) is 2.31. The Bertz CT molecular complexity index is 817. The van der Waals surface area contributed by atoms with Gasteiger partial charge < -0.3 is 14.8 Å². The number of ether oxygens (including phenoxy) is 2. The van der Waals surface area contributed by atoms with E-state index in [1.165, 1.54) is 5.56 Å². The van der Waals surface area contributed by atoms with E-state index in [1.54, 1.807) is 31.2 Å². The Hall–Kier alpha value is -2.82. The molecule has 29 heavy (non-hydrogen) atoms. The molecule has 156 valence electrons. The molecule has 5 nitrogen and oxygen atoms in total. The van der Waals surface area contributed by atoms with Gasteiger partial charge in [0.25, 0.3) is 5.91 Å². The van der Waals surface area contributed by atoms with Crippen LogP contribution in [0.5, 0.6) is 5.75 Å². The van der Waals surface area contributed by atoms with Crippen molar-refractivity contribution < 1.29 is 19.1 Å². The first kappa shape index (κ1) is 22.5. The second kappa shape index (κ2) is 9.59. The van der Waals surface area contributed by atoms with Crippen molar-refractivity contribution in [1.82, 2.24) is 0 Å². The molecule has 1 N–H and O–H groups in total. The van der Waals surface area contributed by atoms with Gasteiger partial charge in [0.15, 0.2) is 6.10 Å². The fraction of sp³-hybridized carbons (Fsp3) is 0.417. The van der Waals surface area contributed by atoms with Crippen LogP contribution in [-0.2, 0) is 14.9 Å². The molecule has 0 radical (unpaired) electrons. The van der Waals surface area contributed by atoms with Gasteiger partial charge in [-0.25, -0.2) is 4.79 Å². The third-order valence-electron chi connectivity index (χ3n) is 4.34. The average Bonchev–Trinajstić information content (AvgIpc) is 2.66. The SMILES string of the molecule is CC(C)COC(=O)c1ccc(NC(=O)C(C)Oc2ccc(C(C)(C)C)cc2)cc1. The molecule has 0 saturated heterocycles. The quantitative estimate of drug-likeness (QED) is 0.652. The van der Waals surface area contributed by atoms with Gasteiger partial charge in [-0.2, -0.15) is 0 Å². The summed E-state index contributed by atoms with van der Waals surface area (Å²) < 4.78 is 10.9. The molecule has 2 rings (SSSR count). The number of carbonyl (C=O) groups is 2. The Kier molecular flexibility index (Phi) is 7.43. The van der Waals surface area contributed by atoms with Crippen molar-refractivity contribution in [2.75, 3.05) is 11.9 Å². The Morgan fingerprint density at radius 2 is 1.52 bits per heavy atom. The van der Waals surface area contributed by atoms with Gasteiger partial charge in [-0.1, -0.05) is 46.8 Å². The molecule has 0 aliphatic rings. The van der Waals surface area contributed by atoms with Crippen molar-refractivity contribution >= 4 is 17.6 Å². The number of rotatable bonds is 7. The van der Waals surface area contributed by atoms with Crippen LogP contribution in [0.3, 0.4) is 0 Å². The number of hydrogen-bond donors (Lipinski definition) is 1. The highest BCUT2D eigenvalue weighted by Gasteiger charge is 2.17. The minimum Gasteiger partial charge on any atom is -0.481 e. The van der Waals surface area contributed by atoms with E-state index in [1.807, 2.05) is 38.1 Å². The van der Waals surface area contributed by atoms with E-state index in [0.717, 1.165) is 0 Å². The molecule has 2 aromatic carbocycles. The normalized spacial score (nSPS) is 12.4. The van der Waals surface area contributed by atoms with Gasteiger partial charge in [0.2, 0.25) is 0 Å². The fourth-order valence-corrected chi connectivity index (χ4v) is 2.55. The number of carbonyl (C=O) groups excluding carboxylic acids is 2. The van der Waals surface area contributed by atoms with E-state index in [-0.39, 0.29) is 23.2 Å². The van der Waals surface area contributed by atoms with Crippen LogP contribution in [0.15, 0.2) is 48.5 Å². The summed E-state index contributed by atoms with van der Waals surface area (Å²) in [6.45, 7) is 12.5. The van der Waals surface area contributed by atoms with Gasteiger partial charge in [0, 0.05) is 5.69 Å². The monoisotopic (exact) mass is 397 g/mol. The van der Waals surface area contributed by atoms with Crippen LogP contribution in [-0.4, -0.2) is 24.6 Å². The highest BCUT2D eigenvalue weighted by atomic mass is 16.5. The Balaban J connectivity index is 1.91. The van der Waals surface area contributed by atoms with Gasteiger partial charge in [-0.15, -0.1) is 0 Å². The third kappa shape index (κ3) is 6.93. The third-order valence-corrected chi connectivity index (χ3v) is 4.34. The molecule has 0 aliphatic carbocycles. The summed E-state index contributed by atoms with van der Waals surface area (Å²) >= 11 is 0. The number of anilines is 1. The molecule has 0 bridgehead atoms. The maximum absolute atomic E-state index is 12.4. The predicted molar refractivity (Wildman–Crippen MR) is 115 cm³/mol. The summed E-state index contributed by atoms with van der Waals surface area (Å²) in [5, 5.41) is 2.80. The highest BCUT2D eigenvalue weighted by molar-refractivity contribution is 5.95. The first-order valence-corrected chi connectivity index (χ1v) is 9.91. The fourth-order valence-electron chi connectivity index (χ4n) is 2.55. The first-order valence-electron chi connectivity index (χ1n) is 9.91. The number of nitrogens with one attached hydrogen (secondary N) is 1. The maximum Gasteiger partial charge on any atom is 0.338 e. The molecule has 0 fully saturated rings. The lowest BCUT2D eigenvalue weighted by Gasteiger charge is -2.20. The zero-order valence-corrected chi connectivity index (χ0v) is 18.1. The molecule has 1 unspecified atom stereocenters. The topological polar surface area (TPSA) is 64.6 Å². The summed E-state index contributed by atoms with van der Waals surface area (Å²) in [7, 11) is 0. The van der Waals surface area contributed by atoms with Crippen LogP contribution < -0.4 is 10.1 Å². The summed E-state index contributed by atoms with van der Waals surface area (Å²) in [6.07, 6.45) is -0.661. The van der Waals surface area contributed by atoms with Crippen molar-refractivity contribution in [3.8, 4) is 5.75 Å². The average molecular weight is 398 g/mol. The maximum atomic E-state index is 12.4. The van der Waals surface area contributed by atoms with Gasteiger partial charge in [0.05, 0.1) is 12.2 Å². The molecular weight excluding hydrogens is 366 g/mol. The van der Waals surface area contributed by atoms with Crippen LogP contribution in [0.1, 0.15) is 57.5 Å². The number of hydrogen-bond acceptors (Lipinski definition) is 4. The molecule has 5 heteroatoms. The molecule has 0 heterocycles. The Morgan fingerprint density at radius 1 is 0.931 bits per heavy atom. The lowest BCUT2D eigenvalue weighted by Crippen LogP contribution is -2.30. The van der Waals surface area contributed by atoms with Crippen LogP contribution in [0.4, 0.5) is 5.69 Å². The van der Waals surface area contributed by atoms with Gasteiger partial charge in [-0.3, -0.25) is 4.79 Å². The van der Waals surface area contributed by atoms with E-state index in [9.17, 15) is 9.59 Å². The zero-order valence-electron chi connectivity index (χ0n) is 18.1. The van der Waals surface area contributed by atoms with Crippen molar-refractivity contribution in [3.05, 3.63) is 59.7 Å². The Morgan fingerprint density at radius 3 is 2.03 bits per heavy atom. The number of esters is 1. The molecule has 0 saturated carbocycles. The van der Waals surface area contributed by atoms with E-state index < -0.39 is 6.10 Å². The molecule has 0 aliphatic heterocycles. The summed E-state index contributed by atoms with van der Waals surface area (Å²) in [5.74, 6) is 0.291. The van der Waals surface area contributed by atoms with Crippen LogP contribution in [0, 0.1) is 5.92 Å². The second-order valence-corrected chi connectivity index (χ2v) is 8.59. The molecule has 0 aromatic heterocycles. The number of benzene rings is 2. The molecular formula is C24H31NO4. The Labute approximate surface area is 173 Å².